The molecular formula is C12H16O6. The van der Waals surface area contributed by atoms with Gasteiger partial charge in [-0.25, -0.2) is 4.79 Å². The van der Waals surface area contributed by atoms with Crippen LogP contribution in [0.15, 0.2) is 12.2 Å². The van der Waals surface area contributed by atoms with E-state index in [0.29, 0.717) is 0 Å². The summed E-state index contributed by atoms with van der Waals surface area (Å²) in [6, 6.07) is 0. The fourth-order valence-corrected chi connectivity index (χ4v) is 1.92. The van der Waals surface area contributed by atoms with Crippen molar-refractivity contribution >= 4 is 11.9 Å². The third-order valence-corrected chi connectivity index (χ3v) is 2.84. The Balaban J connectivity index is 2.10. The predicted octanol–water partition coefficient (Wildman–Crippen LogP) is -0.0620. The second kappa shape index (κ2) is 5.07. The van der Waals surface area contributed by atoms with E-state index in [2.05, 4.69) is 0 Å². The molecule has 0 aliphatic carbocycles. The molecule has 0 aromatic heterocycles. The molecule has 6 heteroatoms. The van der Waals surface area contributed by atoms with Gasteiger partial charge in [0, 0.05) is 13.3 Å². The average Bonchev–Trinajstić information content (AvgIpc) is 3.02. The maximum Gasteiger partial charge on any atom is 0.338 e. The third kappa shape index (κ3) is 3.08. The number of carbonyl (C=O) groups is 2. The van der Waals surface area contributed by atoms with E-state index in [4.69, 9.17) is 14.2 Å². The Kier molecular flexibility index (Phi) is 3.68. The van der Waals surface area contributed by atoms with Crippen molar-refractivity contribution in [3.63, 3.8) is 0 Å². The van der Waals surface area contributed by atoms with Crippen LogP contribution >= 0.6 is 0 Å². The highest BCUT2D eigenvalue weighted by atomic mass is 16.6. The fourth-order valence-electron chi connectivity index (χ4n) is 1.92. The van der Waals surface area contributed by atoms with Crippen LogP contribution in [-0.4, -0.2) is 47.6 Å². The van der Waals surface area contributed by atoms with Gasteiger partial charge in [-0.1, -0.05) is 12.2 Å². The van der Waals surface area contributed by atoms with Crippen molar-refractivity contribution in [2.24, 2.45) is 0 Å². The van der Waals surface area contributed by atoms with E-state index >= 15 is 0 Å². The lowest BCUT2D eigenvalue weighted by Gasteiger charge is -2.24. The summed E-state index contributed by atoms with van der Waals surface area (Å²) in [5.74, 6) is -0.904. The summed E-state index contributed by atoms with van der Waals surface area (Å²) in [7, 11) is 0. The molecule has 5 atom stereocenters. The number of rotatable bonds is 1. The predicted molar refractivity (Wildman–Crippen MR) is 59.5 cm³/mol. The number of fused-ring (bicyclic) bond motifs is 1. The molecule has 0 aromatic rings. The van der Waals surface area contributed by atoms with Gasteiger partial charge in [0.2, 0.25) is 0 Å². The lowest BCUT2D eigenvalue weighted by Crippen LogP contribution is -2.35. The number of aliphatic hydroxyl groups excluding tert-OH is 1. The molecule has 0 amide bonds. The van der Waals surface area contributed by atoms with Gasteiger partial charge < -0.3 is 19.3 Å². The van der Waals surface area contributed by atoms with E-state index in [1.165, 1.54) is 13.0 Å². The van der Waals surface area contributed by atoms with Crippen molar-refractivity contribution in [2.75, 3.05) is 0 Å². The average molecular weight is 256 g/mol. The van der Waals surface area contributed by atoms with Crippen LogP contribution < -0.4 is 0 Å². The zero-order valence-electron chi connectivity index (χ0n) is 10.2. The number of ether oxygens (including phenoxy) is 3. The van der Waals surface area contributed by atoms with Crippen LogP contribution in [0.1, 0.15) is 20.3 Å². The minimum atomic E-state index is -0.932. The van der Waals surface area contributed by atoms with E-state index in [1.54, 1.807) is 13.0 Å². The number of epoxide rings is 1. The molecule has 6 nitrogen and oxygen atoms in total. The maximum atomic E-state index is 11.5. The Morgan fingerprint density at radius 3 is 2.89 bits per heavy atom. The van der Waals surface area contributed by atoms with Crippen molar-refractivity contribution in [3.05, 3.63) is 12.2 Å². The largest absolute Gasteiger partial charge is 0.461 e. The summed E-state index contributed by atoms with van der Waals surface area (Å²) in [6.45, 7) is 2.95. The van der Waals surface area contributed by atoms with Crippen LogP contribution in [0.25, 0.3) is 0 Å². The molecule has 0 aromatic carbocycles. The molecule has 0 radical (unpaired) electrons. The molecular weight excluding hydrogens is 240 g/mol. The van der Waals surface area contributed by atoms with Crippen molar-refractivity contribution in [3.8, 4) is 0 Å². The van der Waals surface area contributed by atoms with Crippen molar-refractivity contribution in [2.45, 2.75) is 50.8 Å². The molecule has 0 unspecified atom stereocenters. The maximum absolute atomic E-state index is 11.5. The summed E-state index contributed by atoms with van der Waals surface area (Å²) < 4.78 is 15.3. The van der Waals surface area contributed by atoms with E-state index in [0.717, 1.165) is 0 Å². The van der Waals surface area contributed by atoms with Crippen molar-refractivity contribution < 1.29 is 28.9 Å². The van der Waals surface area contributed by atoms with Gasteiger partial charge in [-0.2, -0.15) is 0 Å². The number of hydrogen-bond acceptors (Lipinski definition) is 6. The van der Waals surface area contributed by atoms with Crippen LogP contribution in [0.5, 0.6) is 0 Å². The Hall–Kier alpha value is -1.40. The number of carbonyl (C=O) groups excluding carboxylic acids is 2. The Bertz CT molecular complexity index is 377. The summed E-state index contributed by atoms with van der Waals surface area (Å²) in [6.07, 6.45) is 0.292. The van der Waals surface area contributed by atoms with E-state index in [-0.39, 0.29) is 12.5 Å². The van der Waals surface area contributed by atoms with Crippen LogP contribution in [0.4, 0.5) is 0 Å². The van der Waals surface area contributed by atoms with Crippen LogP contribution in [-0.2, 0) is 23.8 Å². The number of esters is 2. The highest BCUT2D eigenvalue weighted by molar-refractivity contribution is 5.78. The zero-order valence-corrected chi connectivity index (χ0v) is 10.2. The Morgan fingerprint density at radius 1 is 1.50 bits per heavy atom. The lowest BCUT2D eigenvalue weighted by atomic mass is 10.1. The first-order valence-electron chi connectivity index (χ1n) is 5.87. The van der Waals surface area contributed by atoms with Gasteiger partial charge in [-0.05, 0) is 6.92 Å². The minimum absolute atomic E-state index is 0.244. The topological polar surface area (TPSA) is 85.4 Å². The van der Waals surface area contributed by atoms with Crippen LogP contribution in [0.3, 0.4) is 0 Å². The first-order valence-corrected chi connectivity index (χ1v) is 5.87. The standard InChI is InChI=1S/C12H16O6/c1-6-5-10(17-7(2)13)8(14)3-4-9-11(18-9)12(15)16-6/h3-4,6,8-11,14H,5H2,1-2H3/t6-,8+,9+,10-,11+/m1/s1. The molecule has 0 spiro atoms. The highest BCUT2D eigenvalue weighted by Gasteiger charge is 2.46. The SMILES string of the molecule is CC(=O)O[C@@H]1C[C@@H](C)OC(=O)[C@H]2O[C@H]2C=C[C@@H]1O. The van der Waals surface area contributed by atoms with Crippen molar-refractivity contribution in [1.29, 1.82) is 0 Å². The summed E-state index contributed by atoms with van der Waals surface area (Å²) >= 11 is 0. The molecule has 1 fully saturated rings. The number of hydrogen-bond donors (Lipinski definition) is 1. The highest BCUT2D eigenvalue weighted by Crippen LogP contribution is 2.27. The van der Waals surface area contributed by atoms with Gasteiger partial charge in [0.25, 0.3) is 0 Å². The lowest BCUT2D eigenvalue weighted by molar-refractivity contribution is -0.157. The van der Waals surface area contributed by atoms with Gasteiger partial charge >= 0.3 is 11.9 Å². The Labute approximate surface area is 105 Å². The smallest absolute Gasteiger partial charge is 0.338 e. The van der Waals surface area contributed by atoms with E-state index in [1.807, 2.05) is 0 Å². The molecule has 0 bridgehead atoms. The summed E-state index contributed by atoms with van der Waals surface area (Å²) in [5, 5.41) is 9.90. The van der Waals surface area contributed by atoms with Gasteiger partial charge in [0.05, 0.1) is 0 Å². The van der Waals surface area contributed by atoms with Gasteiger partial charge in [0.1, 0.15) is 24.4 Å². The normalized spacial score (nSPS) is 39.5. The quantitative estimate of drug-likeness (QED) is 0.402. The second-order valence-electron chi connectivity index (χ2n) is 4.53. The molecule has 18 heavy (non-hydrogen) atoms. The second-order valence-corrected chi connectivity index (χ2v) is 4.53. The molecule has 100 valence electrons. The first kappa shape index (κ1) is 13.0. The molecule has 1 N–H and O–H groups in total. The van der Waals surface area contributed by atoms with E-state index < -0.39 is 36.4 Å². The zero-order chi connectivity index (χ0) is 13.3. The summed E-state index contributed by atoms with van der Waals surface area (Å²) in [4.78, 5) is 22.5. The third-order valence-electron chi connectivity index (χ3n) is 2.84. The number of cyclic esters (lactones) is 1. The molecule has 1 saturated heterocycles. The van der Waals surface area contributed by atoms with Crippen LogP contribution in [0, 0.1) is 0 Å². The minimum Gasteiger partial charge on any atom is -0.461 e. The molecule has 0 saturated carbocycles. The van der Waals surface area contributed by atoms with Crippen molar-refractivity contribution in [1.82, 2.24) is 0 Å². The van der Waals surface area contributed by atoms with Crippen LogP contribution in [0.2, 0.25) is 0 Å². The monoisotopic (exact) mass is 256 g/mol. The fraction of sp³-hybridized carbons (Fsp3) is 0.667. The Morgan fingerprint density at radius 2 is 2.22 bits per heavy atom. The first-order chi connectivity index (χ1) is 8.47. The van der Waals surface area contributed by atoms with E-state index in [9.17, 15) is 14.7 Å². The van der Waals surface area contributed by atoms with Gasteiger partial charge in [0.15, 0.2) is 6.10 Å². The number of aliphatic hydroxyl groups is 1. The summed E-state index contributed by atoms with van der Waals surface area (Å²) in [5.41, 5.74) is 0. The van der Waals surface area contributed by atoms with Gasteiger partial charge in [-0.15, -0.1) is 0 Å². The molecule has 2 rings (SSSR count). The van der Waals surface area contributed by atoms with Gasteiger partial charge in [-0.3, -0.25) is 4.79 Å². The molecule has 2 aliphatic rings. The molecule has 2 aliphatic heterocycles. The molecule has 2 heterocycles.